The van der Waals surface area contributed by atoms with Crippen molar-refractivity contribution in [1.82, 2.24) is 0 Å². The zero-order valence-electron chi connectivity index (χ0n) is 9.08. The van der Waals surface area contributed by atoms with Crippen molar-refractivity contribution in [2.24, 2.45) is 0 Å². The Morgan fingerprint density at radius 1 is 1.36 bits per heavy atom. The third-order valence-electron chi connectivity index (χ3n) is 2.75. The van der Waals surface area contributed by atoms with Gasteiger partial charge >= 0.3 is 0 Å². The number of anilines is 1. The van der Waals surface area contributed by atoms with E-state index in [2.05, 4.69) is 44.0 Å². The van der Waals surface area contributed by atoms with Gasteiger partial charge in [-0.05, 0) is 23.6 Å². The van der Waals surface area contributed by atoms with Gasteiger partial charge in [-0.3, -0.25) is 0 Å². The highest BCUT2D eigenvalue weighted by molar-refractivity contribution is 5.60. The van der Waals surface area contributed by atoms with E-state index in [-0.39, 0.29) is 0 Å². The second-order valence-corrected chi connectivity index (χ2v) is 4.15. The van der Waals surface area contributed by atoms with Crippen LogP contribution in [0.4, 0.5) is 5.69 Å². The van der Waals surface area contributed by atoms with Gasteiger partial charge in [-0.25, -0.2) is 0 Å². The van der Waals surface area contributed by atoms with Gasteiger partial charge in [-0.2, -0.15) is 0 Å². The second-order valence-electron chi connectivity index (χ2n) is 4.15. The smallest absolute Gasteiger partial charge is 0.142 e. The molecule has 0 amide bonds. The zero-order valence-corrected chi connectivity index (χ0v) is 9.08. The maximum atomic E-state index is 5.64. The third kappa shape index (κ3) is 1.57. The van der Waals surface area contributed by atoms with Gasteiger partial charge in [0.15, 0.2) is 0 Å². The number of ether oxygens (including phenoxy) is 1. The van der Waals surface area contributed by atoms with E-state index in [1.165, 1.54) is 11.3 Å². The first-order valence-electron chi connectivity index (χ1n) is 5.16. The Balaban J connectivity index is 2.39. The lowest BCUT2D eigenvalue weighted by atomic mass is 10.0. The van der Waals surface area contributed by atoms with Gasteiger partial charge in [0.1, 0.15) is 12.4 Å². The van der Waals surface area contributed by atoms with E-state index in [9.17, 15) is 0 Å². The summed E-state index contributed by atoms with van der Waals surface area (Å²) in [4.78, 5) is 2.24. The monoisotopic (exact) mass is 191 g/mol. The Kier molecular flexibility index (Phi) is 2.36. The van der Waals surface area contributed by atoms with E-state index in [0.717, 1.165) is 18.9 Å². The summed E-state index contributed by atoms with van der Waals surface area (Å²) >= 11 is 0. The molecule has 0 N–H and O–H groups in total. The van der Waals surface area contributed by atoms with Crippen LogP contribution in [0.3, 0.4) is 0 Å². The number of hydrogen-bond acceptors (Lipinski definition) is 2. The summed E-state index contributed by atoms with van der Waals surface area (Å²) in [6.07, 6.45) is 0. The quantitative estimate of drug-likeness (QED) is 0.676. The maximum absolute atomic E-state index is 5.64. The van der Waals surface area contributed by atoms with Crippen LogP contribution in [-0.4, -0.2) is 20.2 Å². The van der Waals surface area contributed by atoms with Crippen molar-refractivity contribution in [2.45, 2.75) is 19.8 Å². The van der Waals surface area contributed by atoms with Gasteiger partial charge in [-0.15, -0.1) is 0 Å². The molecule has 0 bridgehead atoms. The Morgan fingerprint density at radius 3 is 2.86 bits per heavy atom. The van der Waals surface area contributed by atoms with Crippen molar-refractivity contribution in [1.29, 1.82) is 0 Å². The number of fused-ring (bicyclic) bond motifs is 1. The number of rotatable bonds is 1. The van der Waals surface area contributed by atoms with Crippen molar-refractivity contribution >= 4 is 5.69 Å². The summed E-state index contributed by atoms with van der Waals surface area (Å²) in [5, 5.41) is 0. The molecule has 0 spiro atoms. The van der Waals surface area contributed by atoms with Crippen LogP contribution >= 0.6 is 0 Å². The van der Waals surface area contributed by atoms with Crippen LogP contribution < -0.4 is 9.64 Å². The molecule has 0 saturated heterocycles. The first-order valence-corrected chi connectivity index (χ1v) is 5.16. The first kappa shape index (κ1) is 9.38. The number of benzene rings is 1. The van der Waals surface area contributed by atoms with Gasteiger partial charge < -0.3 is 9.64 Å². The fraction of sp³-hybridized carbons (Fsp3) is 0.500. The number of likely N-dealkylation sites (N-methyl/N-ethyl adjacent to an activating group) is 1. The fourth-order valence-corrected chi connectivity index (χ4v) is 1.73. The second kappa shape index (κ2) is 3.52. The molecule has 0 aromatic heterocycles. The number of nitrogens with zero attached hydrogens (tertiary/aromatic N) is 1. The van der Waals surface area contributed by atoms with Crippen LogP contribution in [-0.2, 0) is 0 Å². The molecular weight excluding hydrogens is 174 g/mol. The Labute approximate surface area is 85.5 Å². The van der Waals surface area contributed by atoms with E-state index in [1.54, 1.807) is 0 Å². The molecule has 0 aliphatic carbocycles. The molecule has 1 aromatic carbocycles. The van der Waals surface area contributed by atoms with Crippen molar-refractivity contribution in [2.75, 3.05) is 25.1 Å². The van der Waals surface area contributed by atoms with Crippen LogP contribution in [0.25, 0.3) is 0 Å². The molecule has 14 heavy (non-hydrogen) atoms. The minimum Gasteiger partial charge on any atom is -0.490 e. The van der Waals surface area contributed by atoms with E-state index >= 15 is 0 Å². The molecule has 1 aliphatic rings. The molecule has 76 valence electrons. The van der Waals surface area contributed by atoms with E-state index in [1.807, 2.05) is 0 Å². The Hall–Kier alpha value is -1.18. The summed E-state index contributed by atoms with van der Waals surface area (Å²) < 4.78 is 5.64. The lowest BCUT2D eigenvalue weighted by Crippen LogP contribution is -2.28. The average Bonchev–Trinajstić information content (AvgIpc) is 2.17. The molecule has 0 unspecified atom stereocenters. The molecule has 1 aromatic rings. The summed E-state index contributed by atoms with van der Waals surface area (Å²) in [5.41, 5.74) is 2.56. The summed E-state index contributed by atoms with van der Waals surface area (Å²) in [7, 11) is 2.11. The summed E-state index contributed by atoms with van der Waals surface area (Å²) in [5.74, 6) is 1.60. The van der Waals surface area contributed by atoms with E-state index in [4.69, 9.17) is 4.74 Å². The largest absolute Gasteiger partial charge is 0.490 e. The van der Waals surface area contributed by atoms with E-state index in [0.29, 0.717) is 5.92 Å². The van der Waals surface area contributed by atoms with Gasteiger partial charge in [0.05, 0.1) is 12.2 Å². The van der Waals surface area contributed by atoms with Gasteiger partial charge in [0, 0.05) is 7.05 Å². The van der Waals surface area contributed by atoms with Crippen LogP contribution in [0.1, 0.15) is 25.3 Å². The topological polar surface area (TPSA) is 12.5 Å². The van der Waals surface area contributed by atoms with Crippen LogP contribution in [0.15, 0.2) is 18.2 Å². The minimum absolute atomic E-state index is 0.566. The maximum Gasteiger partial charge on any atom is 0.142 e. The predicted molar refractivity (Wildman–Crippen MR) is 59.3 cm³/mol. The highest BCUT2D eigenvalue weighted by Gasteiger charge is 2.15. The summed E-state index contributed by atoms with van der Waals surface area (Å²) in [6, 6.07) is 6.51. The third-order valence-corrected chi connectivity index (χ3v) is 2.75. The predicted octanol–water partition coefficient (Wildman–Crippen LogP) is 2.64. The molecule has 1 heterocycles. The SMILES string of the molecule is CC(C)c1ccc2c(c1)OCCN2C. The molecular formula is C12H17NO. The highest BCUT2D eigenvalue weighted by atomic mass is 16.5. The van der Waals surface area contributed by atoms with Crippen LogP contribution in [0.5, 0.6) is 5.75 Å². The molecule has 2 rings (SSSR count). The molecule has 0 atom stereocenters. The van der Waals surface area contributed by atoms with Crippen molar-refractivity contribution in [3.8, 4) is 5.75 Å². The molecule has 0 fully saturated rings. The highest BCUT2D eigenvalue weighted by Crippen LogP contribution is 2.33. The molecule has 1 aliphatic heterocycles. The lowest BCUT2D eigenvalue weighted by molar-refractivity contribution is 0.311. The van der Waals surface area contributed by atoms with Crippen LogP contribution in [0, 0.1) is 0 Å². The van der Waals surface area contributed by atoms with Crippen molar-refractivity contribution < 1.29 is 4.74 Å². The van der Waals surface area contributed by atoms with Crippen LogP contribution in [0.2, 0.25) is 0 Å². The molecule has 2 heteroatoms. The zero-order chi connectivity index (χ0) is 10.1. The molecule has 0 radical (unpaired) electrons. The van der Waals surface area contributed by atoms with Gasteiger partial charge in [0.2, 0.25) is 0 Å². The van der Waals surface area contributed by atoms with Gasteiger partial charge in [-0.1, -0.05) is 19.9 Å². The summed E-state index contributed by atoms with van der Waals surface area (Å²) in [6.45, 7) is 6.18. The molecule has 2 nitrogen and oxygen atoms in total. The van der Waals surface area contributed by atoms with Crippen molar-refractivity contribution in [3.05, 3.63) is 23.8 Å². The minimum atomic E-state index is 0.566. The van der Waals surface area contributed by atoms with Crippen molar-refractivity contribution in [3.63, 3.8) is 0 Å². The Morgan fingerprint density at radius 2 is 2.14 bits per heavy atom. The normalized spacial score (nSPS) is 15.3. The first-order chi connectivity index (χ1) is 6.68. The standard InChI is InChI=1S/C12H17NO/c1-9(2)10-4-5-11-12(8-10)14-7-6-13(11)3/h4-5,8-9H,6-7H2,1-3H3. The van der Waals surface area contributed by atoms with E-state index < -0.39 is 0 Å². The average molecular weight is 191 g/mol. The number of hydrogen-bond donors (Lipinski definition) is 0. The lowest BCUT2D eigenvalue weighted by Gasteiger charge is -2.28. The Bertz CT molecular complexity index is 333. The fourth-order valence-electron chi connectivity index (χ4n) is 1.73. The molecule has 0 saturated carbocycles. The van der Waals surface area contributed by atoms with Gasteiger partial charge in [0.25, 0.3) is 0 Å².